The van der Waals surface area contributed by atoms with Crippen molar-refractivity contribution >= 4 is 23.0 Å². The number of para-hydroxylation sites is 2. The first-order valence-corrected chi connectivity index (χ1v) is 10.3. The smallest absolute Gasteiger partial charge is 0.293 e. The van der Waals surface area contributed by atoms with E-state index in [0.29, 0.717) is 37.4 Å². The van der Waals surface area contributed by atoms with E-state index in [9.17, 15) is 14.9 Å². The van der Waals surface area contributed by atoms with E-state index in [4.69, 9.17) is 4.74 Å². The van der Waals surface area contributed by atoms with Crippen molar-refractivity contribution in [2.75, 3.05) is 56.2 Å². The third-order valence-corrected chi connectivity index (χ3v) is 5.86. The highest BCUT2D eigenvalue weighted by atomic mass is 16.6. The molecule has 2 fully saturated rings. The van der Waals surface area contributed by atoms with Gasteiger partial charge in [0.1, 0.15) is 11.4 Å². The van der Waals surface area contributed by atoms with Gasteiger partial charge in [-0.2, -0.15) is 0 Å². The van der Waals surface area contributed by atoms with E-state index >= 15 is 0 Å². The molecule has 0 radical (unpaired) electrons. The number of ether oxygens (including phenoxy) is 1. The molecule has 2 saturated heterocycles. The van der Waals surface area contributed by atoms with E-state index in [1.54, 1.807) is 24.1 Å². The summed E-state index contributed by atoms with van der Waals surface area (Å²) >= 11 is 0. The van der Waals surface area contributed by atoms with E-state index in [1.807, 2.05) is 29.2 Å². The van der Waals surface area contributed by atoms with Crippen LogP contribution in [0.1, 0.15) is 23.2 Å². The number of carbonyl (C=O) groups is 1. The van der Waals surface area contributed by atoms with Crippen molar-refractivity contribution in [3.05, 3.63) is 58.1 Å². The second-order valence-electron chi connectivity index (χ2n) is 7.61. The highest BCUT2D eigenvalue weighted by Crippen LogP contribution is 2.32. The zero-order valence-corrected chi connectivity index (χ0v) is 17.1. The number of piperazine rings is 1. The van der Waals surface area contributed by atoms with Crippen molar-refractivity contribution < 1.29 is 14.5 Å². The first kappa shape index (κ1) is 20.0. The Kier molecular flexibility index (Phi) is 5.74. The molecule has 2 aromatic rings. The summed E-state index contributed by atoms with van der Waals surface area (Å²) in [5.74, 6) is 0.649. The number of nitro benzene ring substituents is 1. The number of hydrogen-bond acceptors (Lipinski definition) is 6. The van der Waals surface area contributed by atoms with Crippen LogP contribution >= 0.6 is 0 Å². The fraction of sp³-hybridized carbons (Fsp3) is 0.409. The number of nitrogens with zero attached hydrogens (tertiary/aromatic N) is 4. The molecule has 0 bridgehead atoms. The largest absolute Gasteiger partial charge is 0.495 e. The molecule has 0 aliphatic carbocycles. The van der Waals surface area contributed by atoms with Gasteiger partial charge in [0.05, 0.1) is 17.7 Å². The third-order valence-electron chi connectivity index (χ3n) is 5.86. The molecule has 2 aliphatic rings. The lowest BCUT2D eigenvalue weighted by Gasteiger charge is -2.36. The molecule has 0 spiro atoms. The molecule has 0 aromatic heterocycles. The normalized spacial score (nSPS) is 16.6. The summed E-state index contributed by atoms with van der Waals surface area (Å²) in [6.07, 6.45) is 2.07. The van der Waals surface area contributed by atoms with Crippen LogP contribution in [0.4, 0.5) is 17.1 Å². The number of benzene rings is 2. The maximum atomic E-state index is 13.0. The Morgan fingerprint density at radius 1 is 0.933 bits per heavy atom. The zero-order chi connectivity index (χ0) is 21.1. The summed E-state index contributed by atoms with van der Waals surface area (Å²) in [5, 5.41) is 11.6. The van der Waals surface area contributed by atoms with Crippen LogP contribution in [-0.4, -0.2) is 62.1 Å². The van der Waals surface area contributed by atoms with Gasteiger partial charge in [-0.05, 0) is 37.1 Å². The summed E-state index contributed by atoms with van der Waals surface area (Å²) in [6.45, 7) is 4.11. The van der Waals surface area contributed by atoms with Crippen LogP contribution in [0, 0.1) is 10.1 Å². The Hall–Kier alpha value is -3.29. The molecule has 8 heteroatoms. The van der Waals surface area contributed by atoms with Gasteiger partial charge in [0.2, 0.25) is 0 Å². The van der Waals surface area contributed by atoms with Gasteiger partial charge < -0.3 is 19.4 Å². The van der Waals surface area contributed by atoms with Crippen LogP contribution in [0.3, 0.4) is 0 Å². The second-order valence-corrected chi connectivity index (χ2v) is 7.61. The van der Waals surface area contributed by atoms with E-state index in [-0.39, 0.29) is 16.5 Å². The van der Waals surface area contributed by atoms with Crippen LogP contribution in [0.15, 0.2) is 42.5 Å². The molecule has 0 saturated carbocycles. The van der Waals surface area contributed by atoms with Gasteiger partial charge in [-0.25, -0.2) is 0 Å². The Balaban J connectivity index is 1.47. The van der Waals surface area contributed by atoms with Gasteiger partial charge in [0, 0.05) is 50.9 Å². The fourth-order valence-electron chi connectivity index (χ4n) is 4.25. The van der Waals surface area contributed by atoms with Gasteiger partial charge in [-0.1, -0.05) is 12.1 Å². The first-order chi connectivity index (χ1) is 14.6. The summed E-state index contributed by atoms with van der Waals surface area (Å²) in [7, 11) is 1.65. The number of rotatable bonds is 5. The van der Waals surface area contributed by atoms with Crippen LogP contribution in [0.25, 0.3) is 0 Å². The lowest BCUT2D eigenvalue weighted by molar-refractivity contribution is -0.384. The summed E-state index contributed by atoms with van der Waals surface area (Å²) in [6, 6.07) is 12.7. The average Bonchev–Trinajstić information content (AvgIpc) is 3.33. The Morgan fingerprint density at radius 2 is 1.60 bits per heavy atom. The second kappa shape index (κ2) is 8.61. The van der Waals surface area contributed by atoms with Crippen molar-refractivity contribution in [3.8, 4) is 5.75 Å². The zero-order valence-electron chi connectivity index (χ0n) is 17.1. The van der Waals surface area contributed by atoms with Crippen molar-refractivity contribution in [2.24, 2.45) is 0 Å². The molecule has 8 nitrogen and oxygen atoms in total. The third kappa shape index (κ3) is 3.90. The number of nitro groups is 1. The molecule has 0 N–H and O–H groups in total. The summed E-state index contributed by atoms with van der Waals surface area (Å²) < 4.78 is 5.44. The van der Waals surface area contributed by atoms with Crippen molar-refractivity contribution in [1.82, 2.24) is 4.90 Å². The van der Waals surface area contributed by atoms with Crippen molar-refractivity contribution in [3.63, 3.8) is 0 Å². The van der Waals surface area contributed by atoms with Crippen molar-refractivity contribution in [1.29, 1.82) is 0 Å². The Morgan fingerprint density at radius 3 is 2.27 bits per heavy atom. The minimum atomic E-state index is -0.385. The first-order valence-electron chi connectivity index (χ1n) is 10.3. The molecule has 2 aliphatic heterocycles. The Bertz CT molecular complexity index is 934. The molecular formula is C22H26N4O4. The molecule has 1 amide bonds. The van der Waals surface area contributed by atoms with Gasteiger partial charge in [-0.3, -0.25) is 14.9 Å². The van der Waals surface area contributed by atoms with Crippen molar-refractivity contribution in [2.45, 2.75) is 12.8 Å². The van der Waals surface area contributed by atoms with E-state index in [2.05, 4.69) is 4.90 Å². The Labute approximate surface area is 175 Å². The average molecular weight is 410 g/mol. The van der Waals surface area contributed by atoms with Crippen LogP contribution < -0.4 is 14.5 Å². The highest BCUT2D eigenvalue weighted by molar-refractivity contribution is 5.96. The number of methoxy groups -OCH3 is 1. The van der Waals surface area contributed by atoms with Crippen LogP contribution in [0.5, 0.6) is 5.75 Å². The maximum absolute atomic E-state index is 13.0. The lowest BCUT2D eigenvalue weighted by Crippen LogP contribution is -2.48. The number of hydrogen-bond donors (Lipinski definition) is 0. The van der Waals surface area contributed by atoms with E-state index < -0.39 is 0 Å². The van der Waals surface area contributed by atoms with Gasteiger partial charge >= 0.3 is 0 Å². The minimum Gasteiger partial charge on any atom is -0.495 e. The molecule has 30 heavy (non-hydrogen) atoms. The minimum absolute atomic E-state index is 0.00964. The molecule has 158 valence electrons. The summed E-state index contributed by atoms with van der Waals surface area (Å²) in [5.41, 5.74) is 2.00. The lowest BCUT2D eigenvalue weighted by atomic mass is 10.1. The van der Waals surface area contributed by atoms with Crippen LogP contribution in [0.2, 0.25) is 0 Å². The molecular weight excluding hydrogens is 384 g/mol. The standard InChI is InChI=1S/C22H26N4O4/c1-30-21-7-3-2-6-19(21)24-12-14-25(15-13-24)22(27)17-8-9-18(20(16-17)26(28)29)23-10-4-5-11-23/h2-3,6-9,16H,4-5,10-15H2,1H3. The molecule has 0 unspecified atom stereocenters. The fourth-order valence-corrected chi connectivity index (χ4v) is 4.25. The molecule has 2 aromatic carbocycles. The summed E-state index contributed by atoms with van der Waals surface area (Å²) in [4.78, 5) is 30.2. The quantitative estimate of drug-likeness (QED) is 0.557. The van der Waals surface area contributed by atoms with Gasteiger partial charge in [0.15, 0.2) is 0 Å². The van der Waals surface area contributed by atoms with Gasteiger partial charge in [-0.15, -0.1) is 0 Å². The monoisotopic (exact) mass is 410 g/mol. The van der Waals surface area contributed by atoms with Gasteiger partial charge in [0.25, 0.3) is 11.6 Å². The maximum Gasteiger partial charge on any atom is 0.293 e. The SMILES string of the molecule is COc1ccccc1N1CCN(C(=O)c2ccc(N3CCCC3)c([N+](=O)[O-])c2)CC1. The number of anilines is 2. The number of amides is 1. The van der Waals surface area contributed by atoms with Crippen LogP contribution in [-0.2, 0) is 0 Å². The predicted molar refractivity (Wildman–Crippen MR) is 116 cm³/mol. The van der Waals surface area contributed by atoms with E-state index in [1.165, 1.54) is 6.07 Å². The topological polar surface area (TPSA) is 79.2 Å². The molecule has 0 atom stereocenters. The van der Waals surface area contributed by atoms with E-state index in [0.717, 1.165) is 37.4 Å². The highest BCUT2D eigenvalue weighted by Gasteiger charge is 2.27. The predicted octanol–water partition coefficient (Wildman–Crippen LogP) is 3.17. The molecule has 2 heterocycles. The molecule has 4 rings (SSSR count). The number of carbonyl (C=O) groups excluding carboxylic acids is 1.